The van der Waals surface area contributed by atoms with Crippen LogP contribution in [0.3, 0.4) is 0 Å². The monoisotopic (exact) mass is 442 g/mol. The molecule has 1 aliphatic rings. The Labute approximate surface area is 188 Å². The van der Waals surface area contributed by atoms with Gasteiger partial charge in [-0.25, -0.2) is 4.39 Å². The van der Waals surface area contributed by atoms with Crippen LogP contribution in [0.4, 0.5) is 4.39 Å². The summed E-state index contributed by atoms with van der Waals surface area (Å²) in [6, 6.07) is 15.7. The number of amides is 2. The smallest absolute Gasteiger partial charge is 0.243 e. The Morgan fingerprint density at radius 3 is 2.52 bits per heavy atom. The first-order valence-electron chi connectivity index (χ1n) is 11.0. The van der Waals surface area contributed by atoms with E-state index in [1.807, 2.05) is 18.2 Å². The molecular formula is C25H31FN2O2S. The van der Waals surface area contributed by atoms with Crippen LogP contribution in [0.5, 0.6) is 0 Å². The van der Waals surface area contributed by atoms with Gasteiger partial charge in [0.25, 0.3) is 0 Å². The number of nitrogens with zero attached hydrogens (tertiary/aromatic N) is 1. The van der Waals surface area contributed by atoms with E-state index in [2.05, 4.69) is 24.4 Å². The highest BCUT2D eigenvalue weighted by Crippen LogP contribution is 2.34. The molecule has 166 valence electrons. The molecule has 6 heteroatoms. The molecule has 1 heterocycles. The second-order valence-corrected chi connectivity index (χ2v) is 9.21. The summed E-state index contributed by atoms with van der Waals surface area (Å²) in [7, 11) is 0. The molecular weight excluding hydrogens is 411 g/mol. The van der Waals surface area contributed by atoms with Crippen molar-refractivity contribution in [3.63, 3.8) is 0 Å². The van der Waals surface area contributed by atoms with Crippen LogP contribution in [0.25, 0.3) is 0 Å². The van der Waals surface area contributed by atoms with Crippen molar-refractivity contribution in [2.45, 2.75) is 69.2 Å². The first-order valence-corrected chi connectivity index (χ1v) is 12.1. The molecule has 1 fully saturated rings. The van der Waals surface area contributed by atoms with E-state index >= 15 is 0 Å². The molecule has 0 aromatic heterocycles. The Kier molecular flexibility index (Phi) is 8.52. The standard InChI is InChI=1S/C25H31FN2O2S/c1-3-4-6-11-22(20-12-14-21(26)15-13-20)27-25(30)18(2)28-23(29)16-24(28)31-17-19-9-7-5-8-10-19/h5,7-10,12-15,18,22,24H,3-4,6,11,16-17H2,1-2H3,(H,27,30). The van der Waals surface area contributed by atoms with E-state index in [4.69, 9.17) is 0 Å². The summed E-state index contributed by atoms with van der Waals surface area (Å²) in [6.45, 7) is 3.92. The number of likely N-dealkylation sites (tertiary alicyclic amines) is 1. The molecule has 2 aromatic carbocycles. The van der Waals surface area contributed by atoms with Crippen LogP contribution >= 0.6 is 11.8 Å². The summed E-state index contributed by atoms with van der Waals surface area (Å²) in [5.74, 6) is 0.362. The van der Waals surface area contributed by atoms with Gasteiger partial charge in [-0.1, -0.05) is 68.7 Å². The fraction of sp³-hybridized carbons (Fsp3) is 0.440. The molecule has 2 aromatic rings. The highest BCUT2D eigenvalue weighted by Gasteiger charge is 2.42. The Hall–Kier alpha value is -2.34. The third-order valence-electron chi connectivity index (χ3n) is 5.71. The third kappa shape index (κ3) is 6.33. The van der Waals surface area contributed by atoms with Crippen LogP contribution in [-0.4, -0.2) is 28.1 Å². The van der Waals surface area contributed by atoms with E-state index < -0.39 is 6.04 Å². The van der Waals surface area contributed by atoms with Crippen molar-refractivity contribution in [3.05, 3.63) is 71.5 Å². The van der Waals surface area contributed by atoms with Gasteiger partial charge in [0.2, 0.25) is 11.8 Å². The number of hydrogen-bond acceptors (Lipinski definition) is 3. The van der Waals surface area contributed by atoms with Gasteiger partial charge in [0.1, 0.15) is 11.9 Å². The summed E-state index contributed by atoms with van der Waals surface area (Å²) in [5.41, 5.74) is 2.10. The molecule has 3 atom stereocenters. The van der Waals surface area contributed by atoms with Crippen molar-refractivity contribution in [2.24, 2.45) is 0 Å². The second kappa shape index (κ2) is 11.3. The van der Waals surface area contributed by atoms with Gasteiger partial charge in [-0.2, -0.15) is 0 Å². The first-order chi connectivity index (χ1) is 15.0. The summed E-state index contributed by atoms with van der Waals surface area (Å²) in [5, 5.41) is 3.12. The molecule has 3 rings (SSSR count). The molecule has 0 saturated carbocycles. The van der Waals surface area contributed by atoms with Gasteiger partial charge in [-0.3, -0.25) is 9.59 Å². The number of unbranched alkanes of at least 4 members (excludes halogenated alkanes) is 2. The number of nitrogens with one attached hydrogen (secondary N) is 1. The van der Waals surface area contributed by atoms with Crippen LogP contribution in [0.15, 0.2) is 54.6 Å². The molecule has 0 spiro atoms. The van der Waals surface area contributed by atoms with E-state index in [-0.39, 0.29) is 29.0 Å². The van der Waals surface area contributed by atoms with Crippen LogP contribution in [0.1, 0.15) is 63.1 Å². The first kappa shape index (κ1) is 23.3. The fourth-order valence-electron chi connectivity index (χ4n) is 3.81. The zero-order valence-corrected chi connectivity index (χ0v) is 19.0. The average Bonchev–Trinajstić information content (AvgIpc) is 2.77. The van der Waals surface area contributed by atoms with Gasteiger partial charge in [0.15, 0.2) is 0 Å². The minimum absolute atomic E-state index is 0.0116. The zero-order valence-electron chi connectivity index (χ0n) is 18.2. The molecule has 0 radical (unpaired) electrons. The topological polar surface area (TPSA) is 49.4 Å². The molecule has 0 aliphatic carbocycles. The number of benzene rings is 2. The van der Waals surface area contributed by atoms with Crippen LogP contribution in [0.2, 0.25) is 0 Å². The van der Waals surface area contributed by atoms with E-state index in [0.29, 0.717) is 6.42 Å². The highest BCUT2D eigenvalue weighted by molar-refractivity contribution is 7.99. The van der Waals surface area contributed by atoms with Gasteiger partial charge in [0.05, 0.1) is 17.8 Å². The van der Waals surface area contributed by atoms with Crippen LogP contribution < -0.4 is 5.32 Å². The van der Waals surface area contributed by atoms with Gasteiger partial charge < -0.3 is 10.2 Å². The molecule has 1 N–H and O–H groups in total. The Balaban J connectivity index is 1.61. The maximum Gasteiger partial charge on any atom is 0.243 e. The summed E-state index contributed by atoms with van der Waals surface area (Å²) in [4.78, 5) is 27.0. The lowest BCUT2D eigenvalue weighted by atomic mass is 9.99. The molecule has 1 saturated heterocycles. The molecule has 0 bridgehead atoms. The minimum atomic E-state index is -0.538. The highest BCUT2D eigenvalue weighted by atomic mass is 32.2. The Morgan fingerprint density at radius 2 is 1.87 bits per heavy atom. The number of carbonyl (C=O) groups is 2. The Morgan fingerprint density at radius 1 is 1.16 bits per heavy atom. The molecule has 31 heavy (non-hydrogen) atoms. The van der Waals surface area contributed by atoms with Crippen molar-refractivity contribution in [2.75, 3.05) is 0 Å². The number of β-lactam (4-membered cyclic amide) rings is 1. The van der Waals surface area contributed by atoms with Crippen molar-refractivity contribution < 1.29 is 14.0 Å². The van der Waals surface area contributed by atoms with Crippen molar-refractivity contribution in [1.29, 1.82) is 0 Å². The van der Waals surface area contributed by atoms with Crippen molar-refractivity contribution in [3.8, 4) is 0 Å². The second-order valence-electron chi connectivity index (χ2n) is 8.04. The lowest BCUT2D eigenvalue weighted by Gasteiger charge is -2.43. The Bertz CT molecular complexity index is 860. The van der Waals surface area contributed by atoms with E-state index in [1.54, 1.807) is 35.7 Å². The van der Waals surface area contributed by atoms with Gasteiger partial charge in [0, 0.05) is 5.75 Å². The van der Waals surface area contributed by atoms with Crippen LogP contribution in [0, 0.1) is 5.82 Å². The fourth-order valence-corrected chi connectivity index (χ4v) is 5.11. The van der Waals surface area contributed by atoms with Crippen molar-refractivity contribution in [1.82, 2.24) is 10.2 Å². The lowest BCUT2D eigenvalue weighted by molar-refractivity contribution is -0.150. The summed E-state index contributed by atoms with van der Waals surface area (Å²) >= 11 is 1.69. The largest absolute Gasteiger partial charge is 0.348 e. The van der Waals surface area contributed by atoms with Gasteiger partial charge in [-0.15, -0.1) is 11.8 Å². The molecule has 1 aliphatic heterocycles. The molecule has 2 amide bonds. The van der Waals surface area contributed by atoms with E-state index in [9.17, 15) is 14.0 Å². The maximum absolute atomic E-state index is 13.4. The van der Waals surface area contributed by atoms with Crippen LogP contribution in [-0.2, 0) is 15.3 Å². The molecule has 4 nitrogen and oxygen atoms in total. The maximum atomic E-state index is 13.4. The SMILES string of the molecule is CCCCCC(NC(=O)C(C)N1C(=O)CC1SCc1ccccc1)c1ccc(F)cc1. The van der Waals surface area contributed by atoms with Crippen molar-refractivity contribution >= 4 is 23.6 Å². The average molecular weight is 443 g/mol. The quantitative estimate of drug-likeness (QED) is 0.372. The van der Waals surface area contributed by atoms with E-state index in [0.717, 1.165) is 37.0 Å². The molecule has 3 unspecified atom stereocenters. The number of rotatable bonds is 11. The zero-order chi connectivity index (χ0) is 22.2. The predicted octanol–water partition coefficient (Wildman–Crippen LogP) is 5.44. The predicted molar refractivity (Wildman–Crippen MR) is 124 cm³/mol. The normalized spacial score (nSPS) is 17.7. The lowest BCUT2D eigenvalue weighted by Crippen LogP contribution is -2.59. The number of thioether (sulfide) groups is 1. The third-order valence-corrected chi connectivity index (χ3v) is 6.99. The van der Waals surface area contributed by atoms with Gasteiger partial charge >= 0.3 is 0 Å². The number of hydrogen-bond donors (Lipinski definition) is 1. The summed E-state index contributed by atoms with van der Waals surface area (Å²) < 4.78 is 13.4. The number of carbonyl (C=O) groups excluding carboxylic acids is 2. The van der Waals surface area contributed by atoms with Gasteiger partial charge in [-0.05, 0) is 36.6 Å². The minimum Gasteiger partial charge on any atom is -0.348 e. The number of halogens is 1. The van der Waals surface area contributed by atoms with E-state index in [1.165, 1.54) is 17.7 Å². The summed E-state index contributed by atoms with van der Waals surface area (Å²) in [6.07, 6.45) is 4.39.